The summed E-state index contributed by atoms with van der Waals surface area (Å²) in [5, 5.41) is 4.34. The number of hydrogen-bond donors (Lipinski definition) is 0. The largest absolute Gasteiger partial charge is 0.465 e. The van der Waals surface area contributed by atoms with Crippen molar-refractivity contribution >= 4 is 11.7 Å². The van der Waals surface area contributed by atoms with E-state index in [-0.39, 0.29) is 12.4 Å². The van der Waals surface area contributed by atoms with E-state index in [0.29, 0.717) is 16.8 Å². The zero-order valence-electron chi connectivity index (χ0n) is 20.2. The van der Waals surface area contributed by atoms with Gasteiger partial charge < -0.3 is 14.1 Å². The van der Waals surface area contributed by atoms with Gasteiger partial charge in [0.2, 0.25) is 0 Å². The van der Waals surface area contributed by atoms with E-state index >= 15 is 0 Å². The Morgan fingerprint density at radius 3 is 2.40 bits per heavy atom. The lowest BCUT2D eigenvalue weighted by Gasteiger charge is -2.13. The second kappa shape index (κ2) is 10.4. The number of methoxy groups -OCH3 is 1. The van der Waals surface area contributed by atoms with Crippen LogP contribution in [-0.2, 0) is 16.2 Å². The van der Waals surface area contributed by atoms with Crippen molar-refractivity contribution in [3.8, 4) is 16.9 Å². The number of carbonyl (C=O) groups is 1. The minimum atomic E-state index is -0.417. The van der Waals surface area contributed by atoms with Crippen LogP contribution in [0.4, 0.5) is 4.39 Å². The van der Waals surface area contributed by atoms with Gasteiger partial charge in [-0.3, -0.25) is 0 Å². The molecular formula is C29H27FN2O3. The molecule has 0 bridgehead atoms. The van der Waals surface area contributed by atoms with Gasteiger partial charge in [-0.05, 0) is 80.4 Å². The molecule has 0 aliphatic rings. The van der Waals surface area contributed by atoms with Crippen LogP contribution in [0, 0.1) is 19.7 Å². The summed E-state index contributed by atoms with van der Waals surface area (Å²) in [6, 6.07) is 23.8. The van der Waals surface area contributed by atoms with E-state index in [2.05, 4.69) is 15.8 Å². The highest BCUT2D eigenvalue weighted by Crippen LogP contribution is 2.30. The Kier molecular flexibility index (Phi) is 7.11. The molecule has 0 aliphatic carbocycles. The van der Waals surface area contributed by atoms with Crippen molar-refractivity contribution in [1.82, 2.24) is 4.57 Å². The van der Waals surface area contributed by atoms with Gasteiger partial charge >= 0.3 is 5.97 Å². The zero-order chi connectivity index (χ0) is 24.9. The molecule has 0 atom stereocenters. The third kappa shape index (κ3) is 5.17. The first-order valence-corrected chi connectivity index (χ1v) is 11.3. The molecule has 0 radical (unpaired) electrons. The van der Waals surface area contributed by atoms with Crippen molar-refractivity contribution in [3.05, 3.63) is 113 Å². The van der Waals surface area contributed by atoms with Crippen LogP contribution >= 0.6 is 0 Å². The third-order valence-electron chi connectivity index (χ3n) is 5.88. The molecule has 178 valence electrons. The van der Waals surface area contributed by atoms with Crippen LogP contribution in [0.15, 0.2) is 84.0 Å². The SMILES string of the molecule is COC(=O)c1ccccc1CO/N=C(/C)c1cc(-c2ccc(F)cc2)n(-c2cccc(C)c2)c1C. The number of aromatic nitrogens is 1. The summed E-state index contributed by atoms with van der Waals surface area (Å²) in [6.45, 7) is 6.08. The predicted molar refractivity (Wildman–Crippen MR) is 135 cm³/mol. The molecule has 0 spiro atoms. The second-order valence-electron chi connectivity index (χ2n) is 8.31. The van der Waals surface area contributed by atoms with Crippen molar-refractivity contribution in [3.63, 3.8) is 0 Å². The van der Waals surface area contributed by atoms with Crippen molar-refractivity contribution in [2.75, 3.05) is 7.11 Å². The summed E-state index contributed by atoms with van der Waals surface area (Å²) in [7, 11) is 1.35. The van der Waals surface area contributed by atoms with Crippen LogP contribution in [0.1, 0.15) is 39.7 Å². The smallest absolute Gasteiger partial charge is 0.338 e. The van der Waals surface area contributed by atoms with Gasteiger partial charge in [0.25, 0.3) is 0 Å². The number of carbonyl (C=O) groups excluding carboxylic acids is 1. The lowest BCUT2D eigenvalue weighted by atomic mass is 10.1. The fraction of sp³-hybridized carbons (Fsp3) is 0.172. The topological polar surface area (TPSA) is 52.8 Å². The number of benzene rings is 3. The summed E-state index contributed by atoms with van der Waals surface area (Å²) >= 11 is 0. The monoisotopic (exact) mass is 470 g/mol. The van der Waals surface area contributed by atoms with E-state index in [4.69, 9.17) is 9.57 Å². The van der Waals surface area contributed by atoms with E-state index in [1.165, 1.54) is 19.2 Å². The Morgan fingerprint density at radius 2 is 1.69 bits per heavy atom. The Balaban J connectivity index is 1.70. The first-order chi connectivity index (χ1) is 16.9. The summed E-state index contributed by atoms with van der Waals surface area (Å²) in [5.41, 5.74) is 7.68. The molecule has 0 fully saturated rings. The van der Waals surface area contributed by atoms with Crippen molar-refractivity contribution < 1.29 is 18.8 Å². The summed E-state index contributed by atoms with van der Waals surface area (Å²) < 4.78 is 20.6. The van der Waals surface area contributed by atoms with Gasteiger partial charge in [0.1, 0.15) is 12.4 Å². The molecule has 4 aromatic rings. The van der Waals surface area contributed by atoms with Crippen LogP contribution in [0.2, 0.25) is 0 Å². The van der Waals surface area contributed by atoms with Crippen molar-refractivity contribution in [2.24, 2.45) is 5.16 Å². The minimum absolute atomic E-state index is 0.130. The maximum Gasteiger partial charge on any atom is 0.338 e. The molecular weight excluding hydrogens is 443 g/mol. The highest BCUT2D eigenvalue weighted by Gasteiger charge is 2.18. The van der Waals surface area contributed by atoms with E-state index in [1.54, 1.807) is 24.3 Å². The molecule has 1 heterocycles. The van der Waals surface area contributed by atoms with Gasteiger partial charge in [-0.1, -0.05) is 35.5 Å². The van der Waals surface area contributed by atoms with E-state index in [9.17, 15) is 9.18 Å². The molecule has 6 heteroatoms. The lowest BCUT2D eigenvalue weighted by Crippen LogP contribution is -2.06. The quantitative estimate of drug-likeness (QED) is 0.173. The lowest BCUT2D eigenvalue weighted by molar-refractivity contribution is 0.0593. The number of oxime groups is 1. The molecule has 0 saturated carbocycles. The molecule has 1 aromatic heterocycles. The zero-order valence-corrected chi connectivity index (χ0v) is 20.2. The van der Waals surface area contributed by atoms with Gasteiger partial charge in [0.05, 0.1) is 24.1 Å². The van der Waals surface area contributed by atoms with Crippen LogP contribution in [0.3, 0.4) is 0 Å². The predicted octanol–water partition coefficient (Wildman–Crippen LogP) is 6.63. The summed E-state index contributed by atoms with van der Waals surface area (Å²) in [6.07, 6.45) is 0. The minimum Gasteiger partial charge on any atom is -0.465 e. The Labute approximate surface area is 204 Å². The molecule has 0 unspecified atom stereocenters. The number of halogens is 1. The third-order valence-corrected chi connectivity index (χ3v) is 5.88. The average Bonchev–Trinajstić information content (AvgIpc) is 3.21. The standard InChI is InChI=1S/C29H27FN2O3/c1-19-8-7-10-25(16-19)32-21(3)27(17-28(32)22-12-14-24(30)15-13-22)20(2)31-35-18-23-9-5-6-11-26(23)29(33)34-4/h5-17H,18H2,1-4H3/b31-20-. The number of esters is 1. The maximum absolute atomic E-state index is 13.6. The van der Waals surface area contributed by atoms with Gasteiger partial charge in [0, 0.05) is 22.5 Å². The molecule has 0 N–H and O–H groups in total. The first kappa shape index (κ1) is 24.0. The van der Waals surface area contributed by atoms with E-state index < -0.39 is 5.97 Å². The highest BCUT2D eigenvalue weighted by molar-refractivity contribution is 6.01. The van der Waals surface area contributed by atoms with Gasteiger partial charge in [-0.15, -0.1) is 0 Å². The van der Waals surface area contributed by atoms with Gasteiger partial charge in [0.15, 0.2) is 0 Å². The molecule has 3 aromatic carbocycles. The van der Waals surface area contributed by atoms with Gasteiger partial charge in [-0.2, -0.15) is 0 Å². The summed E-state index contributed by atoms with van der Waals surface area (Å²) in [5.74, 6) is -0.697. The Morgan fingerprint density at radius 1 is 0.943 bits per heavy atom. The second-order valence-corrected chi connectivity index (χ2v) is 8.31. The van der Waals surface area contributed by atoms with E-state index in [0.717, 1.165) is 33.8 Å². The van der Waals surface area contributed by atoms with Crippen molar-refractivity contribution in [1.29, 1.82) is 0 Å². The molecule has 4 rings (SSSR count). The number of ether oxygens (including phenoxy) is 1. The number of nitrogens with zero attached hydrogens (tertiary/aromatic N) is 2. The molecule has 5 nitrogen and oxygen atoms in total. The van der Waals surface area contributed by atoms with Crippen molar-refractivity contribution in [2.45, 2.75) is 27.4 Å². The fourth-order valence-corrected chi connectivity index (χ4v) is 4.11. The van der Waals surface area contributed by atoms with Crippen LogP contribution in [0.5, 0.6) is 0 Å². The Bertz CT molecular complexity index is 1390. The highest BCUT2D eigenvalue weighted by atomic mass is 19.1. The van der Waals surface area contributed by atoms with Crippen LogP contribution in [0.25, 0.3) is 16.9 Å². The number of aryl methyl sites for hydroxylation is 1. The van der Waals surface area contributed by atoms with E-state index in [1.807, 2.05) is 57.2 Å². The maximum atomic E-state index is 13.6. The Hall–Kier alpha value is -4.19. The molecule has 0 aliphatic heterocycles. The van der Waals surface area contributed by atoms with Crippen LogP contribution in [-0.4, -0.2) is 23.4 Å². The molecule has 0 amide bonds. The summed E-state index contributed by atoms with van der Waals surface area (Å²) in [4.78, 5) is 17.7. The first-order valence-electron chi connectivity index (χ1n) is 11.3. The number of hydrogen-bond acceptors (Lipinski definition) is 4. The average molecular weight is 471 g/mol. The normalized spacial score (nSPS) is 11.4. The van der Waals surface area contributed by atoms with Gasteiger partial charge in [-0.25, -0.2) is 9.18 Å². The molecule has 35 heavy (non-hydrogen) atoms. The molecule has 0 saturated heterocycles. The fourth-order valence-electron chi connectivity index (χ4n) is 4.11. The number of rotatable bonds is 7. The van der Waals surface area contributed by atoms with Crippen LogP contribution < -0.4 is 0 Å².